The molecule has 0 aliphatic carbocycles. The van der Waals surface area contributed by atoms with Crippen LogP contribution in [0.1, 0.15) is 25.7 Å². The van der Waals surface area contributed by atoms with Crippen LogP contribution in [0.4, 0.5) is 4.79 Å². The average molecular weight is 372 g/mol. The van der Waals surface area contributed by atoms with Crippen LogP contribution in [0.5, 0.6) is 0 Å². The number of benzene rings is 1. The van der Waals surface area contributed by atoms with E-state index in [1.807, 2.05) is 0 Å². The molecule has 8 heteroatoms. The molecule has 2 aliphatic rings. The molecule has 0 saturated carbocycles. The van der Waals surface area contributed by atoms with Gasteiger partial charge in [-0.05, 0) is 38.1 Å². The van der Waals surface area contributed by atoms with Crippen LogP contribution < -0.4 is 5.69 Å². The number of hydrogen-bond acceptors (Lipinski definition) is 4. The van der Waals surface area contributed by atoms with Crippen LogP contribution in [0, 0.1) is 0 Å². The second-order valence-electron chi connectivity index (χ2n) is 6.45. The van der Waals surface area contributed by atoms with Crippen molar-refractivity contribution in [3.8, 4) is 0 Å². The molecule has 0 amide bonds. The number of piperidine rings is 1. The standard InChI is InChI=1S/C16H18ClN3O3.ClH/c1-19-10-3-4-11(19)8-12(7-10)23-16(22)20-14-5-2-9(17)6-13(14)18-15(20)21;/h2,5-6,10-12H,3-4,7-8H2,1H3,(H,18,21);1H. The lowest BCUT2D eigenvalue weighted by Crippen LogP contribution is -2.44. The molecule has 1 aromatic heterocycles. The van der Waals surface area contributed by atoms with Gasteiger partial charge in [-0.2, -0.15) is 4.57 Å². The maximum atomic E-state index is 12.5. The molecule has 2 aliphatic heterocycles. The summed E-state index contributed by atoms with van der Waals surface area (Å²) in [7, 11) is 2.13. The minimum Gasteiger partial charge on any atom is -0.445 e. The maximum absolute atomic E-state index is 12.5. The zero-order chi connectivity index (χ0) is 16.1. The highest BCUT2D eigenvalue weighted by atomic mass is 35.5. The Labute approximate surface area is 150 Å². The summed E-state index contributed by atoms with van der Waals surface area (Å²) in [6.07, 6.45) is 3.24. The number of nitrogens with one attached hydrogen (secondary N) is 1. The summed E-state index contributed by atoms with van der Waals surface area (Å²) in [5, 5.41) is 0.506. The Morgan fingerprint density at radius 1 is 1.29 bits per heavy atom. The highest BCUT2D eigenvalue weighted by molar-refractivity contribution is 6.31. The molecule has 2 saturated heterocycles. The van der Waals surface area contributed by atoms with Crippen molar-refractivity contribution in [2.45, 2.75) is 43.9 Å². The highest BCUT2D eigenvalue weighted by Crippen LogP contribution is 2.35. The SMILES string of the molecule is CN1C2CCC1CC(OC(=O)n1c(=O)[nH]c3cc(Cl)ccc31)C2.Cl. The zero-order valence-electron chi connectivity index (χ0n) is 13.2. The molecule has 2 fully saturated rings. The summed E-state index contributed by atoms with van der Waals surface area (Å²) in [4.78, 5) is 29.6. The molecule has 130 valence electrons. The van der Waals surface area contributed by atoms with E-state index in [2.05, 4.69) is 16.9 Å². The maximum Gasteiger partial charge on any atom is 0.423 e. The molecule has 6 nitrogen and oxygen atoms in total. The quantitative estimate of drug-likeness (QED) is 0.836. The number of nitrogens with zero attached hydrogens (tertiary/aromatic N) is 2. The zero-order valence-corrected chi connectivity index (χ0v) is 14.8. The lowest BCUT2D eigenvalue weighted by Gasteiger charge is -2.35. The van der Waals surface area contributed by atoms with Gasteiger partial charge in [0.05, 0.1) is 11.0 Å². The van der Waals surface area contributed by atoms with Gasteiger partial charge in [0.2, 0.25) is 0 Å². The first-order chi connectivity index (χ1) is 11.0. The largest absolute Gasteiger partial charge is 0.445 e. The van der Waals surface area contributed by atoms with E-state index in [0.717, 1.165) is 30.3 Å². The van der Waals surface area contributed by atoms with Crippen LogP contribution >= 0.6 is 24.0 Å². The van der Waals surface area contributed by atoms with Crippen LogP contribution in [-0.2, 0) is 4.74 Å². The Balaban J connectivity index is 0.00000169. The van der Waals surface area contributed by atoms with E-state index in [1.165, 1.54) is 0 Å². The average Bonchev–Trinajstić information content (AvgIpc) is 2.90. The van der Waals surface area contributed by atoms with Crippen molar-refractivity contribution in [2.24, 2.45) is 0 Å². The molecular formula is C16H19Cl2N3O3. The number of carbonyl (C=O) groups is 1. The lowest BCUT2D eigenvalue weighted by molar-refractivity contribution is 0.0290. The Hall–Kier alpha value is -1.50. The third-order valence-corrected chi connectivity index (χ3v) is 5.38. The van der Waals surface area contributed by atoms with Gasteiger partial charge in [0.15, 0.2) is 0 Å². The molecule has 4 rings (SSSR count). The van der Waals surface area contributed by atoms with E-state index >= 15 is 0 Å². The van der Waals surface area contributed by atoms with Gasteiger partial charge in [-0.15, -0.1) is 12.4 Å². The van der Waals surface area contributed by atoms with Crippen molar-refractivity contribution < 1.29 is 9.53 Å². The lowest BCUT2D eigenvalue weighted by atomic mass is 10.0. The van der Waals surface area contributed by atoms with Crippen LogP contribution in [0.15, 0.2) is 23.0 Å². The molecule has 1 aromatic carbocycles. The molecule has 2 bridgehead atoms. The van der Waals surface area contributed by atoms with Crippen molar-refractivity contribution in [1.29, 1.82) is 0 Å². The number of hydrogen-bond donors (Lipinski definition) is 1. The van der Waals surface area contributed by atoms with Gasteiger partial charge in [0.25, 0.3) is 0 Å². The number of carbonyl (C=O) groups excluding carboxylic acids is 1. The highest BCUT2D eigenvalue weighted by Gasteiger charge is 2.40. The number of rotatable bonds is 1. The van der Waals surface area contributed by atoms with E-state index in [1.54, 1.807) is 18.2 Å². The van der Waals surface area contributed by atoms with E-state index in [4.69, 9.17) is 16.3 Å². The molecule has 3 heterocycles. The first-order valence-corrected chi connectivity index (χ1v) is 8.24. The molecule has 0 spiro atoms. The van der Waals surface area contributed by atoms with E-state index in [-0.39, 0.29) is 18.5 Å². The first kappa shape index (κ1) is 17.3. The molecular weight excluding hydrogens is 353 g/mol. The fraction of sp³-hybridized carbons (Fsp3) is 0.500. The van der Waals surface area contributed by atoms with Gasteiger partial charge in [-0.3, -0.25) is 0 Å². The smallest absolute Gasteiger partial charge is 0.423 e. The van der Waals surface area contributed by atoms with Crippen molar-refractivity contribution in [1.82, 2.24) is 14.5 Å². The van der Waals surface area contributed by atoms with E-state index in [0.29, 0.717) is 28.1 Å². The van der Waals surface area contributed by atoms with Crippen LogP contribution in [0.2, 0.25) is 5.02 Å². The van der Waals surface area contributed by atoms with Crippen molar-refractivity contribution >= 4 is 41.1 Å². The van der Waals surface area contributed by atoms with Gasteiger partial charge in [0.1, 0.15) is 6.10 Å². The van der Waals surface area contributed by atoms with Crippen LogP contribution in [-0.4, -0.2) is 45.8 Å². The summed E-state index contributed by atoms with van der Waals surface area (Å²) in [6, 6.07) is 5.87. The number of ether oxygens (including phenoxy) is 1. The fourth-order valence-electron chi connectivity index (χ4n) is 3.92. The van der Waals surface area contributed by atoms with Gasteiger partial charge in [-0.25, -0.2) is 9.59 Å². The molecule has 24 heavy (non-hydrogen) atoms. The summed E-state index contributed by atoms with van der Waals surface area (Å²) < 4.78 is 6.68. The third-order valence-electron chi connectivity index (χ3n) is 5.15. The number of imidazole rings is 1. The van der Waals surface area contributed by atoms with Gasteiger partial charge < -0.3 is 14.6 Å². The Morgan fingerprint density at radius 3 is 2.62 bits per heavy atom. The summed E-state index contributed by atoms with van der Waals surface area (Å²) >= 11 is 5.92. The van der Waals surface area contributed by atoms with Gasteiger partial charge >= 0.3 is 11.8 Å². The monoisotopic (exact) mass is 371 g/mol. The number of H-pyrrole nitrogens is 1. The summed E-state index contributed by atoms with van der Waals surface area (Å²) in [5.41, 5.74) is 0.520. The molecule has 2 aromatic rings. The summed E-state index contributed by atoms with van der Waals surface area (Å²) in [6.45, 7) is 0. The second-order valence-corrected chi connectivity index (χ2v) is 6.89. The molecule has 1 N–H and O–H groups in total. The number of aromatic nitrogens is 2. The second kappa shape index (κ2) is 6.43. The first-order valence-electron chi connectivity index (χ1n) is 7.86. The predicted octanol–water partition coefficient (Wildman–Crippen LogP) is 3.01. The van der Waals surface area contributed by atoms with Gasteiger partial charge in [-0.1, -0.05) is 11.6 Å². The Morgan fingerprint density at radius 2 is 1.96 bits per heavy atom. The minimum atomic E-state index is -0.613. The van der Waals surface area contributed by atoms with Crippen LogP contribution in [0.25, 0.3) is 11.0 Å². The van der Waals surface area contributed by atoms with Crippen molar-refractivity contribution in [2.75, 3.05) is 7.05 Å². The number of halogens is 2. The Bertz CT molecular complexity index is 818. The van der Waals surface area contributed by atoms with Gasteiger partial charge in [0, 0.05) is 29.9 Å². The number of fused-ring (bicyclic) bond motifs is 3. The molecule has 0 radical (unpaired) electrons. The van der Waals surface area contributed by atoms with E-state index in [9.17, 15) is 9.59 Å². The predicted molar refractivity (Wildman–Crippen MR) is 94.3 cm³/mol. The number of aromatic amines is 1. The van der Waals surface area contributed by atoms with E-state index < -0.39 is 11.8 Å². The fourth-order valence-corrected chi connectivity index (χ4v) is 4.09. The topological polar surface area (TPSA) is 67.3 Å². The molecule has 2 unspecified atom stereocenters. The van der Waals surface area contributed by atoms with Crippen molar-refractivity contribution in [3.63, 3.8) is 0 Å². The summed E-state index contributed by atoms with van der Waals surface area (Å²) in [5.74, 6) is 0. The molecule has 2 atom stereocenters. The Kier molecular flexibility index (Phi) is 4.64. The third kappa shape index (κ3) is 2.83. The minimum absolute atomic E-state index is 0. The van der Waals surface area contributed by atoms with Crippen LogP contribution in [0.3, 0.4) is 0 Å². The van der Waals surface area contributed by atoms with Crippen molar-refractivity contribution in [3.05, 3.63) is 33.7 Å². The normalized spacial score (nSPS) is 26.3.